The summed E-state index contributed by atoms with van der Waals surface area (Å²) < 4.78 is 38.1. The molecule has 0 radical (unpaired) electrons. The smallest absolute Gasteiger partial charge is 0.342 e. The molecule has 0 aromatic heterocycles. The number of halogens is 1. The van der Waals surface area contributed by atoms with Gasteiger partial charge in [0.2, 0.25) is 5.90 Å². The topological polar surface area (TPSA) is 65.0 Å². The van der Waals surface area contributed by atoms with Crippen molar-refractivity contribution in [2.75, 3.05) is 7.11 Å². The monoisotopic (exact) mass is 369 g/mol. The van der Waals surface area contributed by atoms with E-state index in [0.29, 0.717) is 6.42 Å². The Hall–Kier alpha value is -1.27. The van der Waals surface area contributed by atoms with Crippen molar-refractivity contribution in [2.24, 2.45) is 4.40 Å². The van der Waals surface area contributed by atoms with Crippen LogP contribution in [0.4, 0.5) is 0 Å². The van der Waals surface area contributed by atoms with Crippen molar-refractivity contribution in [2.45, 2.75) is 56.0 Å². The highest BCUT2D eigenvalue weighted by molar-refractivity contribution is 8.12. The molecular formula is C17H20ClNO4S. The van der Waals surface area contributed by atoms with Crippen LogP contribution in [0.5, 0.6) is 5.75 Å². The summed E-state index contributed by atoms with van der Waals surface area (Å²) in [7, 11) is 3.02. The summed E-state index contributed by atoms with van der Waals surface area (Å²) in [6, 6.07) is 6.20. The van der Waals surface area contributed by atoms with Crippen LogP contribution in [0, 0.1) is 0 Å². The summed E-state index contributed by atoms with van der Waals surface area (Å²) in [5, 5.41) is 0. The maximum atomic E-state index is 11.4. The fourth-order valence-corrected chi connectivity index (χ4v) is 5.54. The summed E-state index contributed by atoms with van der Waals surface area (Å²) in [5.41, 5.74) is 1.93. The first-order valence-electron chi connectivity index (χ1n) is 8.27. The first-order valence-corrected chi connectivity index (χ1v) is 10.5. The zero-order valence-electron chi connectivity index (χ0n) is 13.5. The molecule has 1 saturated heterocycles. The first-order chi connectivity index (χ1) is 11.4. The SMILES string of the molecule is COc1ccc2c(c1)[C@@]13CCCC[C@]1(CC2)OC(=NS(=O)(=O)Cl)C3. The van der Waals surface area contributed by atoms with Gasteiger partial charge in [-0.2, -0.15) is 8.42 Å². The Morgan fingerprint density at radius 1 is 1.25 bits per heavy atom. The molecule has 0 bridgehead atoms. The molecule has 0 unspecified atom stereocenters. The number of benzene rings is 1. The number of methoxy groups -OCH3 is 1. The van der Waals surface area contributed by atoms with Gasteiger partial charge in [0.1, 0.15) is 11.4 Å². The summed E-state index contributed by atoms with van der Waals surface area (Å²) in [5.74, 6) is 1.07. The predicted octanol–water partition coefficient (Wildman–Crippen LogP) is 3.49. The first kappa shape index (κ1) is 16.2. The maximum absolute atomic E-state index is 11.4. The minimum Gasteiger partial charge on any atom is -0.497 e. The maximum Gasteiger partial charge on any atom is 0.342 e. The Bertz CT molecular complexity index is 822. The minimum absolute atomic E-state index is 0.228. The van der Waals surface area contributed by atoms with Gasteiger partial charge in [-0.3, -0.25) is 0 Å². The molecule has 5 nitrogen and oxygen atoms in total. The van der Waals surface area contributed by atoms with E-state index < -0.39 is 9.24 Å². The molecule has 2 atom stereocenters. The van der Waals surface area contributed by atoms with Crippen LogP contribution in [-0.2, 0) is 25.8 Å². The van der Waals surface area contributed by atoms with Crippen molar-refractivity contribution in [3.8, 4) is 5.75 Å². The Balaban J connectivity index is 1.89. The number of fused-ring (bicyclic) bond motifs is 1. The fourth-order valence-electron chi connectivity index (χ4n) is 4.97. The van der Waals surface area contributed by atoms with Crippen molar-refractivity contribution in [1.29, 1.82) is 0 Å². The standard InChI is InChI=1S/C17H20ClNO4S/c1-22-13-5-4-12-6-9-17-8-3-2-7-16(17,14(12)10-13)11-15(23-17)19-24(18,20)21/h4-5,10H,2-3,6-9,11H2,1H3/t16-,17+/m0/s1. The van der Waals surface area contributed by atoms with Gasteiger partial charge in [-0.05, 0) is 55.4 Å². The molecule has 0 N–H and O–H groups in total. The van der Waals surface area contributed by atoms with E-state index in [0.717, 1.165) is 44.3 Å². The molecule has 130 valence electrons. The number of hydrogen-bond donors (Lipinski definition) is 0. The van der Waals surface area contributed by atoms with E-state index in [1.165, 1.54) is 11.1 Å². The molecule has 1 aromatic carbocycles. The molecule has 0 amide bonds. The average Bonchev–Trinajstić information content (AvgIpc) is 2.87. The minimum atomic E-state index is -3.98. The van der Waals surface area contributed by atoms with Crippen molar-refractivity contribution in [3.05, 3.63) is 29.3 Å². The number of hydrogen-bond acceptors (Lipinski definition) is 4. The number of ether oxygens (including phenoxy) is 2. The highest BCUT2D eigenvalue weighted by atomic mass is 35.7. The second-order valence-corrected chi connectivity index (χ2v) is 9.16. The molecular weight excluding hydrogens is 350 g/mol. The molecule has 2 fully saturated rings. The Labute approximate surface area is 146 Å². The van der Waals surface area contributed by atoms with E-state index in [1.54, 1.807) is 7.11 Å². The third-order valence-corrected chi connectivity index (χ3v) is 6.54. The third kappa shape index (κ3) is 2.34. The highest BCUT2D eigenvalue weighted by Crippen LogP contribution is 2.60. The molecule has 1 aliphatic heterocycles. The van der Waals surface area contributed by atoms with E-state index in [9.17, 15) is 8.42 Å². The van der Waals surface area contributed by atoms with Gasteiger partial charge < -0.3 is 9.47 Å². The van der Waals surface area contributed by atoms with Crippen LogP contribution in [0.2, 0.25) is 0 Å². The van der Waals surface area contributed by atoms with Crippen LogP contribution >= 0.6 is 10.7 Å². The molecule has 1 aromatic rings. The van der Waals surface area contributed by atoms with Crippen LogP contribution in [0.1, 0.15) is 49.7 Å². The van der Waals surface area contributed by atoms with Gasteiger partial charge in [-0.1, -0.05) is 12.5 Å². The summed E-state index contributed by atoms with van der Waals surface area (Å²) in [6.45, 7) is 0. The number of nitrogens with zero attached hydrogens (tertiary/aromatic N) is 1. The van der Waals surface area contributed by atoms with Gasteiger partial charge in [0.05, 0.1) is 7.11 Å². The Kier molecular flexibility index (Phi) is 3.62. The van der Waals surface area contributed by atoms with Crippen molar-refractivity contribution in [1.82, 2.24) is 0 Å². The van der Waals surface area contributed by atoms with Gasteiger partial charge >= 0.3 is 9.24 Å². The lowest BCUT2D eigenvalue weighted by atomic mass is 9.54. The molecule has 1 saturated carbocycles. The zero-order valence-corrected chi connectivity index (χ0v) is 15.1. The second kappa shape index (κ2) is 5.36. The molecule has 24 heavy (non-hydrogen) atoms. The lowest BCUT2D eigenvalue weighted by molar-refractivity contribution is -0.0325. The van der Waals surface area contributed by atoms with Gasteiger partial charge in [0, 0.05) is 22.5 Å². The van der Waals surface area contributed by atoms with Crippen molar-refractivity contribution >= 4 is 25.8 Å². The van der Waals surface area contributed by atoms with Gasteiger partial charge in [0.25, 0.3) is 0 Å². The molecule has 0 spiro atoms. The molecule has 4 rings (SSSR count). The zero-order chi connectivity index (χ0) is 17.0. The van der Waals surface area contributed by atoms with E-state index >= 15 is 0 Å². The van der Waals surface area contributed by atoms with Crippen LogP contribution < -0.4 is 4.74 Å². The van der Waals surface area contributed by atoms with Crippen LogP contribution in [0.3, 0.4) is 0 Å². The van der Waals surface area contributed by atoms with Crippen LogP contribution in [0.15, 0.2) is 22.6 Å². The van der Waals surface area contributed by atoms with E-state index in [2.05, 4.69) is 16.5 Å². The summed E-state index contributed by atoms with van der Waals surface area (Å²) in [6.07, 6.45) is 6.36. The van der Waals surface area contributed by atoms with E-state index in [-0.39, 0.29) is 16.9 Å². The van der Waals surface area contributed by atoms with Gasteiger partial charge in [0.15, 0.2) is 0 Å². The quantitative estimate of drug-likeness (QED) is 0.748. The van der Waals surface area contributed by atoms with Gasteiger partial charge in [-0.15, -0.1) is 4.40 Å². The third-order valence-electron chi connectivity index (χ3n) is 5.91. The van der Waals surface area contributed by atoms with Crippen molar-refractivity contribution < 1.29 is 17.9 Å². The largest absolute Gasteiger partial charge is 0.497 e. The van der Waals surface area contributed by atoms with E-state index in [1.807, 2.05) is 6.07 Å². The van der Waals surface area contributed by atoms with E-state index in [4.69, 9.17) is 20.2 Å². The summed E-state index contributed by atoms with van der Waals surface area (Å²) in [4.78, 5) is 0. The van der Waals surface area contributed by atoms with Crippen LogP contribution in [-0.4, -0.2) is 27.0 Å². The highest BCUT2D eigenvalue weighted by Gasteiger charge is 2.63. The fraction of sp³-hybridized carbons (Fsp3) is 0.588. The average molecular weight is 370 g/mol. The molecule has 2 aliphatic carbocycles. The molecule has 3 aliphatic rings. The second-order valence-electron chi connectivity index (χ2n) is 6.98. The van der Waals surface area contributed by atoms with Crippen LogP contribution in [0.25, 0.3) is 0 Å². The normalized spacial score (nSPS) is 33.3. The number of aryl methyl sites for hydroxylation is 1. The molecule has 1 heterocycles. The van der Waals surface area contributed by atoms with Crippen molar-refractivity contribution in [3.63, 3.8) is 0 Å². The van der Waals surface area contributed by atoms with Gasteiger partial charge in [-0.25, -0.2) is 0 Å². The Morgan fingerprint density at radius 3 is 2.79 bits per heavy atom. The summed E-state index contributed by atoms with van der Waals surface area (Å²) >= 11 is 0. The lowest BCUT2D eigenvalue weighted by Gasteiger charge is -2.51. The predicted molar refractivity (Wildman–Crippen MR) is 92.1 cm³/mol. The lowest BCUT2D eigenvalue weighted by Crippen LogP contribution is -2.53. The Morgan fingerprint density at radius 2 is 2.04 bits per heavy atom. The number of rotatable bonds is 2. The molecule has 7 heteroatoms.